The van der Waals surface area contributed by atoms with Crippen LogP contribution in [-0.2, 0) is 0 Å². The SMILES string of the molecule is c1ccc(-n2c3ccccc3c3c(-n4c5ccccc5c5c(-n6c7ccccc7c7ccccc76)cccc54)cccc32)cc1. The standard InChI is InChI=1S/C42H27N3/c1-2-14-28(15-3-1)43-35-22-10-6-18-31(35)41-37(43)24-12-26-39(41)45-36-23-11-7-19-32(36)42-38(25-13-27-40(42)45)44-33-20-8-4-16-29(33)30-17-5-9-21-34(30)44/h1-27H. The van der Waals surface area contributed by atoms with Crippen LogP contribution in [0.25, 0.3) is 82.5 Å². The van der Waals surface area contributed by atoms with Crippen molar-refractivity contribution in [1.29, 1.82) is 0 Å². The van der Waals surface area contributed by atoms with E-state index in [-0.39, 0.29) is 0 Å². The fourth-order valence-electron chi connectivity index (χ4n) is 7.67. The summed E-state index contributed by atoms with van der Waals surface area (Å²) in [6, 6.07) is 59.4. The maximum absolute atomic E-state index is 2.48. The second-order valence-corrected chi connectivity index (χ2v) is 11.8. The van der Waals surface area contributed by atoms with Crippen molar-refractivity contribution in [2.75, 3.05) is 0 Å². The van der Waals surface area contributed by atoms with Crippen LogP contribution in [0, 0.1) is 0 Å². The van der Waals surface area contributed by atoms with E-state index in [0.29, 0.717) is 0 Å². The van der Waals surface area contributed by atoms with Crippen LogP contribution in [0.15, 0.2) is 164 Å². The Morgan fingerprint density at radius 2 is 0.600 bits per heavy atom. The van der Waals surface area contributed by atoms with Gasteiger partial charge in [-0.15, -0.1) is 0 Å². The largest absolute Gasteiger partial charge is 0.309 e. The van der Waals surface area contributed by atoms with Crippen molar-refractivity contribution in [1.82, 2.24) is 13.7 Å². The Morgan fingerprint density at radius 3 is 1.13 bits per heavy atom. The molecule has 0 fully saturated rings. The molecule has 0 saturated carbocycles. The number of benzene rings is 7. The smallest absolute Gasteiger partial charge is 0.0562 e. The first kappa shape index (κ1) is 24.4. The molecule has 45 heavy (non-hydrogen) atoms. The van der Waals surface area contributed by atoms with Crippen LogP contribution in [0.2, 0.25) is 0 Å². The van der Waals surface area contributed by atoms with Crippen LogP contribution in [0.3, 0.4) is 0 Å². The lowest BCUT2D eigenvalue weighted by Gasteiger charge is -2.13. The number of hydrogen-bond donors (Lipinski definition) is 0. The maximum Gasteiger partial charge on any atom is 0.0562 e. The predicted molar refractivity (Wildman–Crippen MR) is 189 cm³/mol. The van der Waals surface area contributed by atoms with E-state index in [1.165, 1.54) is 76.8 Å². The lowest BCUT2D eigenvalue weighted by atomic mass is 10.1. The molecule has 7 aromatic carbocycles. The Kier molecular flexibility index (Phi) is 5.00. The summed E-state index contributed by atoms with van der Waals surface area (Å²) in [6.07, 6.45) is 0. The first-order valence-electron chi connectivity index (χ1n) is 15.5. The van der Waals surface area contributed by atoms with Gasteiger partial charge in [0, 0.05) is 38.0 Å². The van der Waals surface area contributed by atoms with Crippen molar-refractivity contribution in [3.63, 3.8) is 0 Å². The molecule has 3 aromatic heterocycles. The second kappa shape index (κ2) is 9.22. The van der Waals surface area contributed by atoms with Gasteiger partial charge in [-0.3, -0.25) is 0 Å². The van der Waals surface area contributed by atoms with E-state index in [9.17, 15) is 0 Å². The van der Waals surface area contributed by atoms with E-state index in [2.05, 4.69) is 177 Å². The Balaban J connectivity index is 1.36. The van der Waals surface area contributed by atoms with Gasteiger partial charge in [-0.05, 0) is 60.7 Å². The summed E-state index contributed by atoms with van der Waals surface area (Å²) in [4.78, 5) is 0. The summed E-state index contributed by atoms with van der Waals surface area (Å²) < 4.78 is 7.32. The molecule has 0 aliphatic rings. The maximum atomic E-state index is 2.48. The van der Waals surface area contributed by atoms with Crippen LogP contribution < -0.4 is 0 Å². The van der Waals surface area contributed by atoms with Gasteiger partial charge in [0.25, 0.3) is 0 Å². The minimum Gasteiger partial charge on any atom is -0.309 e. The van der Waals surface area contributed by atoms with Gasteiger partial charge in [0.15, 0.2) is 0 Å². The Bertz CT molecular complexity index is 2700. The average molecular weight is 574 g/mol. The molecule has 0 aliphatic carbocycles. The molecular formula is C42H27N3. The van der Waals surface area contributed by atoms with E-state index in [1.54, 1.807) is 0 Å². The summed E-state index contributed by atoms with van der Waals surface area (Å²) in [7, 11) is 0. The van der Waals surface area contributed by atoms with Gasteiger partial charge in [-0.25, -0.2) is 0 Å². The Labute approximate surface area is 259 Å². The third-order valence-electron chi connectivity index (χ3n) is 9.43. The topological polar surface area (TPSA) is 14.8 Å². The zero-order chi connectivity index (χ0) is 29.5. The van der Waals surface area contributed by atoms with Crippen molar-refractivity contribution in [3.8, 4) is 17.1 Å². The van der Waals surface area contributed by atoms with Gasteiger partial charge < -0.3 is 13.7 Å². The second-order valence-electron chi connectivity index (χ2n) is 11.8. The first-order valence-corrected chi connectivity index (χ1v) is 15.5. The molecule has 0 N–H and O–H groups in total. The van der Waals surface area contributed by atoms with Crippen LogP contribution >= 0.6 is 0 Å². The molecule has 3 heteroatoms. The molecule has 0 radical (unpaired) electrons. The molecular weight excluding hydrogens is 546 g/mol. The average Bonchev–Trinajstić information content (AvgIpc) is 3.75. The normalized spacial score (nSPS) is 12.0. The fraction of sp³-hybridized carbons (Fsp3) is 0. The Hall–Kier alpha value is -6.06. The molecule has 3 nitrogen and oxygen atoms in total. The van der Waals surface area contributed by atoms with E-state index in [0.717, 1.165) is 5.69 Å². The highest BCUT2D eigenvalue weighted by Crippen LogP contribution is 2.42. The molecule has 0 saturated heterocycles. The number of fused-ring (bicyclic) bond motifs is 9. The number of aromatic nitrogens is 3. The van der Waals surface area contributed by atoms with Gasteiger partial charge >= 0.3 is 0 Å². The quantitative estimate of drug-likeness (QED) is 0.200. The van der Waals surface area contributed by atoms with Crippen LogP contribution in [0.5, 0.6) is 0 Å². The summed E-state index contributed by atoms with van der Waals surface area (Å²) in [5, 5.41) is 7.54. The van der Waals surface area contributed by atoms with Crippen molar-refractivity contribution < 1.29 is 0 Å². The molecule has 0 spiro atoms. The van der Waals surface area contributed by atoms with Crippen molar-refractivity contribution >= 4 is 65.4 Å². The van der Waals surface area contributed by atoms with Crippen molar-refractivity contribution in [3.05, 3.63) is 164 Å². The highest BCUT2D eigenvalue weighted by Gasteiger charge is 2.22. The molecule has 10 rings (SSSR count). The number of para-hydroxylation sites is 5. The first-order chi connectivity index (χ1) is 22.4. The van der Waals surface area contributed by atoms with E-state index >= 15 is 0 Å². The van der Waals surface area contributed by atoms with Gasteiger partial charge in [0.2, 0.25) is 0 Å². The number of hydrogen-bond acceptors (Lipinski definition) is 0. The molecule has 0 bridgehead atoms. The van der Waals surface area contributed by atoms with E-state index in [1.807, 2.05) is 0 Å². The minimum absolute atomic E-state index is 1.16. The highest BCUT2D eigenvalue weighted by atomic mass is 15.0. The molecule has 0 amide bonds. The summed E-state index contributed by atoms with van der Waals surface area (Å²) in [6.45, 7) is 0. The minimum atomic E-state index is 1.16. The van der Waals surface area contributed by atoms with Crippen molar-refractivity contribution in [2.45, 2.75) is 0 Å². The Morgan fingerprint density at radius 1 is 0.244 bits per heavy atom. The highest BCUT2D eigenvalue weighted by molar-refractivity contribution is 6.19. The van der Waals surface area contributed by atoms with Gasteiger partial charge in [-0.1, -0.05) is 103 Å². The van der Waals surface area contributed by atoms with Gasteiger partial charge in [0.05, 0.1) is 44.5 Å². The summed E-state index contributed by atoms with van der Waals surface area (Å²) >= 11 is 0. The van der Waals surface area contributed by atoms with Crippen LogP contribution in [0.1, 0.15) is 0 Å². The summed E-state index contributed by atoms with van der Waals surface area (Å²) in [5.41, 5.74) is 10.8. The third kappa shape index (κ3) is 3.30. The fourth-order valence-corrected chi connectivity index (χ4v) is 7.67. The monoisotopic (exact) mass is 573 g/mol. The van der Waals surface area contributed by atoms with Crippen LogP contribution in [-0.4, -0.2) is 13.7 Å². The molecule has 210 valence electrons. The lowest BCUT2D eigenvalue weighted by molar-refractivity contribution is 1.17. The van der Waals surface area contributed by atoms with Gasteiger partial charge in [0.1, 0.15) is 0 Å². The van der Waals surface area contributed by atoms with E-state index < -0.39 is 0 Å². The number of rotatable bonds is 3. The zero-order valence-corrected chi connectivity index (χ0v) is 24.4. The van der Waals surface area contributed by atoms with E-state index in [4.69, 9.17) is 0 Å². The lowest BCUT2D eigenvalue weighted by Crippen LogP contribution is -1.97. The molecule has 0 aliphatic heterocycles. The predicted octanol–water partition coefficient (Wildman–Crippen LogP) is 11.0. The zero-order valence-electron chi connectivity index (χ0n) is 24.4. The molecule has 0 atom stereocenters. The summed E-state index contributed by atoms with van der Waals surface area (Å²) in [5.74, 6) is 0. The van der Waals surface area contributed by atoms with Crippen molar-refractivity contribution in [2.24, 2.45) is 0 Å². The molecule has 10 aromatic rings. The van der Waals surface area contributed by atoms with Crippen LogP contribution in [0.4, 0.5) is 0 Å². The number of nitrogens with zero attached hydrogens (tertiary/aromatic N) is 3. The van der Waals surface area contributed by atoms with Gasteiger partial charge in [-0.2, -0.15) is 0 Å². The molecule has 3 heterocycles. The molecule has 0 unspecified atom stereocenters. The third-order valence-corrected chi connectivity index (χ3v) is 9.43.